The van der Waals surface area contributed by atoms with E-state index in [2.05, 4.69) is 24.0 Å². The van der Waals surface area contributed by atoms with Gasteiger partial charge in [0.2, 0.25) is 0 Å². The number of β-amino-alcohol motifs (C(OH)–C–C–N with tert-alkyl or cyclic N) is 1. The number of piperidine rings is 1. The quantitative estimate of drug-likeness (QED) is 0.869. The number of nitrogens with zero attached hydrogens (tertiary/aromatic N) is 1. The molecule has 1 aliphatic heterocycles. The van der Waals surface area contributed by atoms with Crippen molar-refractivity contribution in [3.63, 3.8) is 0 Å². The lowest BCUT2D eigenvalue weighted by Crippen LogP contribution is -2.37. The molecule has 3 heteroatoms. The molecule has 0 aromatic heterocycles. The van der Waals surface area contributed by atoms with E-state index in [-0.39, 0.29) is 6.10 Å². The van der Waals surface area contributed by atoms with Gasteiger partial charge in [-0.1, -0.05) is 17.7 Å². The Kier molecular flexibility index (Phi) is 4.02. The second-order valence-electron chi connectivity index (χ2n) is 4.85. The van der Waals surface area contributed by atoms with Gasteiger partial charge in [-0.25, -0.2) is 0 Å². The van der Waals surface area contributed by atoms with Crippen molar-refractivity contribution < 1.29 is 9.84 Å². The Balaban J connectivity index is 2.08. The molecule has 17 heavy (non-hydrogen) atoms. The van der Waals surface area contributed by atoms with E-state index in [1.807, 2.05) is 6.07 Å². The minimum absolute atomic E-state index is 0.167. The van der Waals surface area contributed by atoms with Crippen molar-refractivity contribution in [2.45, 2.75) is 32.4 Å². The maximum absolute atomic E-state index is 9.67. The number of benzene rings is 1. The lowest BCUT2D eigenvalue weighted by molar-refractivity contribution is 0.0664. The van der Waals surface area contributed by atoms with Crippen LogP contribution in [-0.2, 0) is 6.54 Å². The number of hydrogen-bond donors (Lipinski definition) is 1. The largest absolute Gasteiger partial charge is 0.496 e. The molecule has 0 spiro atoms. The van der Waals surface area contributed by atoms with Crippen molar-refractivity contribution in [3.8, 4) is 5.75 Å². The van der Waals surface area contributed by atoms with Gasteiger partial charge in [0.15, 0.2) is 0 Å². The molecule has 1 aromatic carbocycles. The molecule has 94 valence electrons. The minimum Gasteiger partial charge on any atom is -0.496 e. The highest BCUT2D eigenvalue weighted by Crippen LogP contribution is 2.23. The lowest BCUT2D eigenvalue weighted by Gasteiger charge is -2.30. The van der Waals surface area contributed by atoms with Crippen molar-refractivity contribution in [2.75, 3.05) is 20.2 Å². The summed E-state index contributed by atoms with van der Waals surface area (Å²) in [6.45, 7) is 4.79. The zero-order valence-electron chi connectivity index (χ0n) is 10.6. The summed E-state index contributed by atoms with van der Waals surface area (Å²) in [5.41, 5.74) is 2.46. The maximum atomic E-state index is 9.67. The van der Waals surface area contributed by atoms with E-state index in [0.29, 0.717) is 0 Å². The second kappa shape index (κ2) is 5.52. The summed E-state index contributed by atoms with van der Waals surface area (Å²) in [6, 6.07) is 6.25. The van der Waals surface area contributed by atoms with Gasteiger partial charge in [0.05, 0.1) is 13.2 Å². The number of methoxy groups -OCH3 is 1. The Morgan fingerprint density at radius 2 is 2.29 bits per heavy atom. The number of hydrogen-bond acceptors (Lipinski definition) is 3. The number of aliphatic hydroxyl groups is 1. The van der Waals surface area contributed by atoms with Gasteiger partial charge in [-0.2, -0.15) is 0 Å². The van der Waals surface area contributed by atoms with E-state index in [1.54, 1.807) is 7.11 Å². The van der Waals surface area contributed by atoms with Crippen molar-refractivity contribution in [3.05, 3.63) is 29.3 Å². The molecule has 1 N–H and O–H groups in total. The van der Waals surface area contributed by atoms with Crippen LogP contribution in [0.25, 0.3) is 0 Å². The SMILES string of the molecule is COc1ccc(C)cc1CN1CCC[C@H](O)C1. The van der Waals surface area contributed by atoms with Crippen LogP contribution in [0.1, 0.15) is 24.0 Å². The third-order valence-corrected chi connectivity index (χ3v) is 3.31. The predicted octanol–water partition coefficient (Wildman–Crippen LogP) is 1.96. The van der Waals surface area contributed by atoms with Crippen LogP contribution in [-0.4, -0.2) is 36.3 Å². The molecule has 0 saturated carbocycles. The second-order valence-corrected chi connectivity index (χ2v) is 4.85. The number of rotatable bonds is 3. The van der Waals surface area contributed by atoms with Crippen LogP contribution in [0.15, 0.2) is 18.2 Å². The van der Waals surface area contributed by atoms with E-state index in [9.17, 15) is 5.11 Å². The summed E-state index contributed by atoms with van der Waals surface area (Å²) in [7, 11) is 1.71. The summed E-state index contributed by atoms with van der Waals surface area (Å²) in [6.07, 6.45) is 1.84. The fourth-order valence-corrected chi connectivity index (χ4v) is 2.45. The fourth-order valence-electron chi connectivity index (χ4n) is 2.45. The minimum atomic E-state index is -0.167. The van der Waals surface area contributed by atoms with Gasteiger partial charge in [0, 0.05) is 18.7 Å². The molecule has 0 unspecified atom stereocenters. The molecule has 1 aromatic rings. The van der Waals surface area contributed by atoms with Crippen molar-refractivity contribution in [1.82, 2.24) is 4.90 Å². The summed E-state index contributed by atoms with van der Waals surface area (Å²) in [5, 5.41) is 9.67. The van der Waals surface area contributed by atoms with Crippen LogP contribution in [0.3, 0.4) is 0 Å². The van der Waals surface area contributed by atoms with Crippen LogP contribution in [0, 0.1) is 6.92 Å². The lowest BCUT2D eigenvalue weighted by atomic mass is 10.1. The third-order valence-electron chi connectivity index (χ3n) is 3.31. The molecule has 3 nitrogen and oxygen atoms in total. The van der Waals surface area contributed by atoms with Crippen LogP contribution >= 0.6 is 0 Å². The van der Waals surface area contributed by atoms with E-state index < -0.39 is 0 Å². The molecule has 0 bridgehead atoms. The normalized spacial score (nSPS) is 21.5. The summed E-state index contributed by atoms with van der Waals surface area (Å²) in [4.78, 5) is 2.30. The molecule has 0 radical (unpaired) electrons. The first kappa shape index (κ1) is 12.4. The Morgan fingerprint density at radius 1 is 1.47 bits per heavy atom. The van der Waals surface area contributed by atoms with Gasteiger partial charge >= 0.3 is 0 Å². The molecule has 2 rings (SSSR count). The molecular weight excluding hydrogens is 214 g/mol. The van der Waals surface area contributed by atoms with Gasteiger partial charge in [-0.15, -0.1) is 0 Å². The van der Waals surface area contributed by atoms with E-state index >= 15 is 0 Å². The average molecular weight is 235 g/mol. The zero-order valence-corrected chi connectivity index (χ0v) is 10.6. The third kappa shape index (κ3) is 3.20. The zero-order chi connectivity index (χ0) is 12.3. The highest BCUT2D eigenvalue weighted by molar-refractivity contribution is 5.36. The Bertz CT molecular complexity index is 378. The van der Waals surface area contributed by atoms with E-state index in [1.165, 1.54) is 11.1 Å². The highest BCUT2D eigenvalue weighted by Gasteiger charge is 2.18. The van der Waals surface area contributed by atoms with Gasteiger partial charge in [0.25, 0.3) is 0 Å². The Hall–Kier alpha value is -1.06. The first-order valence-corrected chi connectivity index (χ1v) is 6.23. The Morgan fingerprint density at radius 3 is 3.00 bits per heavy atom. The van der Waals surface area contributed by atoms with E-state index in [0.717, 1.165) is 38.2 Å². The monoisotopic (exact) mass is 235 g/mol. The molecule has 0 amide bonds. The molecular formula is C14H21NO2. The van der Waals surface area contributed by atoms with Crippen molar-refractivity contribution in [2.24, 2.45) is 0 Å². The van der Waals surface area contributed by atoms with Gasteiger partial charge < -0.3 is 9.84 Å². The smallest absolute Gasteiger partial charge is 0.123 e. The van der Waals surface area contributed by atoms with Crippen molar-refractivity contribution >= 4 is 0 Å². The van der Waals surface area contributed by atoms with Crippen LogP contribution in [0.5, 0.6) is 5.75 Å². The number of ether oxygens (including phenoxy) is 1. The number of aryl methyl sites for hydroxylation is 1. The molecule has 1 atom stereocenters. The molecule has 1 saturated heterocycles. The standard InChI is InChI=1S/C14H21NO2/c1-11-5-6-14(17-2)12(8-11)9-15-7-3-4-13(16)10-15/h5-6,8,13,16H,3-4,7,9-10H2,1-2H3/t13-/m0/s1. The number of aliphatic hydroxyl groups excluding tert-OH is 1. The average Bonchev–Trinajstić information content (AvgIpc) is 2.29. The predicted molar refractivity (Wildman–Crippen MR) is 68.2 cm³/mol. The fraction of sp³-hybridized carbons (Fsp3) is 0.571. The first-order chi connectivity index (χ1) is 8.19. The van der Waals surface area contributed by atoms with Gasteiger partial charge in [-0.05, 0) is 32.4 Å². The molecule has 0 aliphatic carbocycles. The topological polar surface area (TPSA) is 32.7 Å². The number of likely N-dealkylation sites (tertiary alicyclic amines) is 1. The highest BCUT2D eigenvalue weighted by atomic mass is 16.5. The first-order valence-electron chi connectivity index (χ1n) is 6.23. The van der Waals surface area contributed by atoms with E-state index in [4.69, 9.17) is 4.74 Å². The van der Waals surface area contributed by atoms with Gasteiger partial charge in [-0.3, -0.25) is 4.90 Å². The Labute approximate surface area is 103 Å². The van der Waals surface area contributed by atoms with Gasteiger partial charge in [0.1, 0.15) is 5.75 Å². The summed E-state index contributed by atoms with van der Waals surface area (Å²) < 4.78 is 5.38. The molecule has 1 aliphatic rings. The van der Waals surface area contributed by atoms with Crippen LogP contribution < -0.4 is 4.74 Å². The summed E-state index contributed by atoms with van der Waals surface area (Å²) in [5.74, 6) is 0.940. The summed E-state index contributed by atoms with van der Waals surface area (Å²) >= 11 is 0. The molecule has 1 heterocycles. The molecule has 1 fully saturated rings. The van der Waals surface area contributed by atoms with Crippen LogP contribution in [0.2, 0.25) is 0 Å². The van der Waals surface area contributed by atoms with Crippen molar-refractivity contribution in [1.29, 1.82) is 0 Å². The van der Waals surface area contributed by atoms with Crippen LogP contribution in [0.4, 0.5) is 0 Å². The maximum Gasteiger partial charge on any atom is 0.123 e.